The van der Waals surface area contributed by atoms with Gasteiger partial charge in [-0.2, -0.15) is 4.31 Å². The Kier molecular flexibility index (Phi) is 5.04. The predicted octanol–water partition coefficient (Wildman–Crippen LogP) is 3.38. The minimum absolute atomic E-state index is 0.166. The summed E-state index contributed by atoms with van der Waals surface area (Å²) in [6, 6.07) is 4.07. The Morgan fingerprint density at radius 2 is 2.20 bits per heavy atom. The number of benzene rings is 1. The maximum atomic E-state index is 14.0. The minimum Gasteiger partial charge on any atom is -0.207 e. The molecule has 6 heteroatoms. The van der Waals surface area contributed by atoms with Crippen LogP contribution in [0, 0.1) is 11.7 Å². The van der Waals surface area contributed by atoms with Gasteiger partial charge < -0.3 is 0 Å². The average molecular weight is 320 g/mol. The summed E-state index contributed by atoms with van der Waals surface area (Å²) in [6.07, 6.45) is 2.91. The lowest BCUT2D eigenvalue weighted by atomic mass is 10.0. The summed E-state index contributed by atoms with van der Waals surface area (Å²) < 4.78 is 40.3. The van der Waals surface area contributed by atoms with Crippen LogP contribution in [-0.4, -0.2) is 25.8 Å². The van der Waals surface area contributed by atoms with E-state index in [9.17, 15) is 12.8 Å². The zero-order valence-electron chi connectivity index (χ0n) is 11.5. The lowest BCUT2D eigenvalue weighted by molar-refractivity contribution is 0.440. The van der Waals surface area contributed by atoms with Gasteiger partial charge in [-0.3, -0.25) is 0 Å². The maximum Gasteiger partial charge on any atom is 0.245 e. The molecule has 0 radical (unpaired) electrons. The van der Waals surface area contributed by atoms with E-state index < -0.39 is 15.8 Å². The first-order chi connectivity index (χ1) is 9.48. The first kappa shape index (κ1) is 15.7. The van der Waals surface area contributed by atoms with Gasteiger partial charge >= 0.3 is 0 Å². The van der Waals surface area contributed by atoms with Gasteiger partial charge in [0.05, 0.1) is 0 Å². The Balaban J connectivity index is 2.23. The van der Waals surface area contributed by atoms with E-state index in [2.05, 4.69) is 6.92 Å². The zero-order chi connectivity index (χ0) is 14.8. The van der Waals surface area contributed by atoms with Gasteiger partial charge in [-0.25, -0.2) is 12.8 Å². The third-order valence-corrected chi connectivity index (χ3v) is 5.92. The zero-order valence-corrected chi connectivity index (χ0v) is 13.1. The SMILES string of the molecule is CCCC1CCN(S(=O)(=O)c2ccc(CCl)cc2F)C1. The summed E-state index contributed by atoms with van der Waals surface area (Å²) in [5.74, 6) is -0.165. The van der Waals surface area contributed by atoms with Crippen molar-refractivity contribution in [3.63, 3.8) is 0 Å². The minimum atomic E-state index is -3.73. The van der Waals surface area contributed by atoms with E-state index in [1.165, 1.54) is 16.4 Å². The van der Waals surface area contributed by atoms with E-state index in [0.717, 1.165) is 19.3 Å². The molecule has 0 amide bonds. The Bertz CT molecular complexity index is 577. The molecule has 0 N–H and O–H groups in total. The number of hydrogen-bond donors (Lipinski definition) is 0. The second kappa shape index (κ2) is 6.41. The van der Waals surface area contributed by atoms with Crippen molar-refractivity contribution in [1.82, 2.24) is 4.31 Å². The van der Waals surface area contributed by atoms with Crippen LogP contribution < -0.4 is 0 Å². The van der Waals surface area contributed by atoms with E-state index in [-0.39, 0.29) is 10.8 Å². The summed E-state index contributed by atoms with van der Waals surface area (Å²) in [7, 11) is -3.73. The van der Waals surface area contributed by atoms with Crippen LogP contribution in [0.2, 0.25) is 0 Å². The molecule has 1 saturated heterocycles. The number of alkyl halides is 1. The van der Waals surface area contributed by atoms with Crippen molar-refractivity contribution in [2.45, 2.75) is 37.0 Å². The molecule has 1 atom stereocenters. The van der Waals surface area contributed by atoms with Gasteiger partial charge in [-0.15, -0.1) is 11.6 Å². The van der Waals surface area contributed by atoms with Crippen LogP contribution in [0.5, 0.6) is 0 Å². The molecule has 2 rings (SSSR count). The van der Waals surface area contributed by atoms with Gasteiger partial charge in [0.15, 0.2) is 0 Å². The van der Waals surface area contributed by atoms with Crippen molar-refractivity contribution in [2.75, 3.05) is 13.1 Å². The molecule has 0 aromatic heterocycles. The Morgan fingerprint density at radius 3 is 2.80 bits per heavy atom. The fourth-order valence-electron chi connectivity index (χ4n) is 2.64. The quantitative estimate of drug-likeness (QED) is 0.780. The van der Waals surface area contributed by atoms with Crippen LogP contribution in [0.3, 0.4) is 0 Å². The number of sulfonamides is 1. The van der Waals surface area contributed by atoms with Gasteiger partial charge in [0.1, 0.15) is 10.7 Å². The summed E-state index contributed by atoms with van der Waals surface area (Å²) in [5, 5.41) is 0. The number of nitrogens with zero attached hydrogens (tertiary/aromatic N) is 1. The van der Waals surface area contributed by atoms with Crippen molar-refractivity contribution in [3.8, 4) is 0 Å². The summed E-state index contributed by atoms with van der Waals surface area (Å²) in [4.78, 5) is -0.247. The normalized spacial score (nSPS) is 20.4. The van der Waals surface area contributed by atoms with Crippen LogP contribution in [0.1, 0.15) is 31.7 Å². The van der Waals surface area contributed by atoms with Crippen molar-refractivity contribution in [1.29, 1.82) is 0 Å². The molecular weight excluding hydrogens is 301 g/mol. The molecule has 112 valence electrons. The summed E-state index contributed by atoms with van der Waals surface area (Å²) in [6.45, 7) is 3.05. The molecule has 1 fully saturated rings. The maximum absolute atomic E-state index is 14.0. The lowest BCUT2D eigenvalue weighted by Crippen LogP contribution is -2.29. The highest BCUT2D eigenvalue weighted by molar-refractivity contribution is 7.89. The smallest absolute Gasteiger partial charge is 0.207 e. The van der Waals surface area contributed by atoms with E-state index >= 15 is 0 Å². The predicted molar refractivity (Wildman–Crippen MR) is 77.7 cm³/mol. The van der Waals surface area contributed by atoms with Gasteiger partial charge in [0.2, 0.25) is 10.0 Å². The first-order valence-corrected chi connectivity index (χ1v) is 8.81. The molecule has 0 bridgehead atoms. The fraction of sp³-hybridized carbons (Fsp3) is 0.571. The molecule has 1 aromatic carbocycles. The fourth-order valence-corrected chi connectivity index (χ4v) is 4.38. The Hall–Kier alpha value is -0.650. The van der Waals surface area contributed by atoms with Crippen LogP contribution in [-0.2, 0) is 15.9 Å². The lowest BCUT2D eigenvalue weighted by Gasteiger charge is -2.17. The molecule has 1 aliphatic heterocycles. The third kappa shape index (κ3) is 3.15. The van der Waals surface area contributed by atoms with Gasteiger partial charge in [-0.05, 0) is 36.5 Å². The molecule has 3 nitrogen and oxygen atoms in total. The number of rotatable bonds is 5. The third-order valence-electron chi connectivity index (χ3n) is 3.71. The summed E-state index contributed by atoms with van der Waals surface area (Å²) in [5.41, 5.74) is 0.577. The van der Waals surface area contributed by atoms with E-state index in [0.29, 0.717) is 24.6 Å². The van der Waals surface area contributed by atoms with Gasteiger partial charge in [0, 0.05) is 19.0 Å². The van der Waals surface area contributed by atoms with Crippen LogP contribution in [0.25, 0.3) is 0 Å². The number of halogens is 2. The first-order valence-electron chi connectivity index (χ1n) is 6.83. The highest BCUT2D eigenvalue weighted by Crippen LogP contribution is 2.28. The van der Waals surface area contributed by atoms with Gasteiger partial charge in [-0.1, -0.05) is 19.4 Å². The van der Waals surface area contributed by atoms with E-state index in [4.69, 9.17) is 11.6 Å². The summed E-state index contributed by atoms with van der Waals surface area (Å²) >= 11 is 5.62. The molecule has 20 heavy (non-hydrogen) atoms. The topological polar surface area (TPSA) is 37.4 Å². The molecule has 0 saturated carbocycles. The van der Waals surface area contributed by atoms with E-state index in [1.807, 2.05) is 0 Å². The van der Waals surface area contributed by atoms with Crippen molar-refractivity contribution in [3.05, 3.63) is 29.6 Å². The molecule has 1 aromatic rings. The molecule has 1 aliphatic rings. The Morgan fingerprint density at radius 1 is 1.45 bits per heavy atom. The molecule has 0 spiro atoms. The van der Waals surface area contributed by atoms with Crippen LogP contribution >= 0.6 is 11.6 Å². The molecule has 1 heterocycles. The highest BCUT2D eigenvalue weighted by Gasteiger charge is 2.33. The molecule has 1 unspecified atom stereocenters. The average Bonchev–Trinajstić information content (AvgIpc) is 2.88. The highest BCUT2D eigenvalue weighted by atomic mass is 35.5. The second-order valence-corrected chi connectivity index (χ2v) is 7.38. The van der Waals surface area contributed by atoms with Crippen molar-refractivity contribution in [2.24, 2.45) is 5.92 Å². The van der Waals surface area contributed by atoms with Crippen LogP contribution in [0.4, 0.5) is 4.39 Å². The van der Waals surface area contributed by atoms with E-state index in [1.54, 1.807) is 6.07 Å². The second-order valence-electron chi connectivity index (χ2n) is 5.20. The largest absolute Gasteiger partial charge is 0.245 e. The molecule has 0 aliphatic carbocycles. The monoisotopic (exact) mass is 319 g/mol. The van der Waals surface area contributed by atoms with Crippen LogP contribution in [0.15, 0.2) is 23.1 Å². The number of hydrogen-bond acceptors (Lipinski definition) is 2. The standard InChI is InChI=1S/C14H19ClFNO2S/c1-2-3-11-6-7-17(10-11)20(18,19)14-5-4-12(9-15)8-13(14)16/h4-5,8,11H,2-3,6-7,9-10H2,1H3. The van der Waals surface area contributed by atoms with Crippen molar-refractivity contribution >= 4 is 21.6 Å². The Labute approximate surface area is 124 Å². The van der Waals surface area contributed by atoms with Crippen molar-refractivity contribution < 1.29 is 12.8 Å². The van der Waals surface area contributed by atoms with Gasteiger partial charge in [0.25, 0.3) is 0 Å². The molecular formula is C14H19ClFNO2S.